The highest BCUT2D eigenvalue weighted by atomic mass is 16.2. The monoisotopic (exact) mass is 209 g/mol. The molecule has 0 radical (unpaired) electrons. The van der Waals surface area contributed by atoms with E-state index in [-0.39, 0.29) is 16.8 Å². The van der Waals surface area contributed by atoms with Gasteiger partial charge in [0.05, 0.1) is 5.56 Å². The van der Waals surface area contributed by atoms with Gasteiger partial charge in [0.1, 0.15) is 0 Å². The molecule has 1 aromatic carbocycles. The minimum Gasteiger partial charge on any atom is -0.398 e. The zero-order chi connectivity index (χ0) is 11.4. The molecule has 80 valence electrons. The van der Waals surface area contributed by atoms with Crippen LogP contribution in [0.2, 0.25) is 0 Å². The smallest absolute Gasteiger partial charge is 0.267 e. The Morgan fingerprint density at radius 3 is 2.13 bits per heavy atom. The van der Waals surface area contributed by atoms with Gasteiger partial charge in [0, 0.05) is 11.3 Å². The third-order valence-electron chi connectivity index (χ3n) is 1.82. The van der Waals surface area contributed by atoms with E-state index in [4.69, 9.17) is 17.4 Å². The van der Waals surface area contributed by atoms with Gasteiger partial charge in [-0.25, -0.2) is 11.7 Å². The molecule has 0 atom stereocenters. The number of amides is 2. The maximum absolute atomic E-state index is 11.1. The molecular formula is C8H11N5O2. The molecule has 7 nitrogen and oxygen atoms in total. The van der Waals surface area contributed by atoms with E-state index >= 15 is 0 Å². The predicted octanol–water partition coefficient (Wildman–Crippen LogP) is -1.52. The van der Waals surface area contributed by atoms with Crippen molar-refractivity contribution < 1.29 is 9.59 Å². The van der Waals surface area contributed by atoms with E-state index in [0.717, 1.165) is 0 Å². The van der Waals surface area contributed by atoms with Gasteiger partial charge in [-0.1, -0.05) is 0 Å². The normalized spacial score (nSPS) is 9.47. The quantitative estimate of drug-likeness (QED) is 0.174. The van der Waals surface area contributed by atoms with Crippen LogP contribution in [-0.4, -0.2) is 11.8 Å². The lowest BCUT2D eigenvalue weighted by molar-refractivity contribution is 0.0942. The summed E-state index contributed by atoms with van der Waals surface area (Å²) < 4.78 is 0. The Bertz CT molecular complexity index is 404. The van der Waals surface area contributed by atoms with E-state index in [0.29, 0.717) is 0 Å². The summed E-state index contributed by atoms with van der Waals surface area (Å²) in [5, 5.41) is 0. The number of hydrazine groups is 2. The van der Waals surface area contributed by atoms with Crippen LogP contribution in [0.3, 0.4) is 0 Å². The number of anilines is 1. The van der Waals surface area contributed by atoms with Crippen molar-refractivity contribution in [1.29, 1.82) is 0 Å². The van der Waals surface area contributed by atoms with Gasteiger partial charge in [-0.15, -0.1) is 0 Å². The van der Waals surface area contributed by atoms with E-state index < -0.39 is 11.8 Å². The number of nitrogen functional groups attached to an aromatic ring is 3. The highest BCUT2D eigenvalue weighted by Crippen LogP contribution is 2.13. The fraction of sp³-hybridized carbons (Fsp3) is 0. The summed E-state index contributed by atoms with van der Waals surface area (Å²) >= 11 is 0. The Hall–Kier alpha value is -2.12. The lowest BCUT2D eigenvalue weighted by atomic mass is 10.1. The van der Waals surface area contributed by atoms with Crippen LogP contribution in [-0.2, 0) is 0 Å². The third-order valence-corrected chi connectivity index (χ3v) is 1.82. The molecular weight excluding hydrogens is 198 g/mol. The van der Waals surface area contributed by atoms with Gasteiger partial charge in [-0.05, 0) is 18.2 Å². The third kappa shape index (κ3) is 2.22. The van der Waals surface area contributed by atoms with E-state index in [2.05, 4.69) is 0 Å². The minimum absolute atomic E-state index is 0.152. The van der Waals surface area contributed by atoms with Gasteiger partial charge in [-0.2, -0.15) is 0 Å². The molecule has 0 bridgehead atoms. The summed E-state index contributed by atoms with van der Waals surface area (Å²) in [5.74, 6) is 8.88. The lowest BCUT2D eigenvalue weighted by Crippen LogP contribution is -2.32. The molecule has 1 aromatic rings. The van der Waals surface area contributed by atoms with Gasteiger partial charge in [0.2, 0.25) is 0 Å². The number of rotatable bonds is 2. The molecule has 0 saturated carbocycles. The maximum atomic E-state index is 11.1. The Morgan fingerprint density at radius 2 is 1.67 bits per heavy atom. The summed E-state index contributed by atoms with van der Waals surface area (Å²) in [7, 11) is 0. The first kappa shape index (κ1) is 11.0. The van der Waals surface area contributed by atoms with Crippen LogP contribution in [0.1, 0.15) is 20.7 Å². The number of hydrogen-bond donors (Lipinski definition) is 5. The molecule has 0 aliphatic heterocycles. The second-order valence-corrected chi connectivity index (χ2v) is 2.75. The summed E-state index contributed by atoms with van der Waals surface area (Å²) in [6, 6.07) is 4.15. The molecule has 0 unspecified atom stereocenters. The van der Waals surface area contributed by atoms with Crippen LogP contribution in [0.15, 0.2) is 18.2 Å². The topological polar surface area (TPSA) is 136 Å². The number of nitrogens with two attached hydrogens (primary N) is 3. The van der Waals surface area contributed by atoms with Crippen LogP contribution >= 0.6 is 0 Å². The highest BCUT2D eigenvalue weighted by Gasteiger charge is 2.11. The van der Waals surface area contributed by atoms with Gasteiger partial charge < -0.3 is 5.73 Å². The molecule has 2 amide bonds. The van der Waals surface area contributed by atoms with Crippen molar-refractivity contribution in [2.45, 2.75) is 0 Å². The Balaban J connectivity index is 3.08. The zero-order valence-electron chi connectivity index (χ0n) is 7.78. The van der Waals surface area contributed by atoms with Crippen LogP contribution in [0.4, 0.5) is 5.69 Å². The summed E-state index contributed by atoms with van der Waals surface area (Å²) in [6.45, 7) is 0. The molecule has 7 heteroatoms. The molecule has 15 heavy (non-hydrogen) atoms. The fourth-order valence-electron chi connectivity index (χ4n) is 1.07. The van der Waals surface area contributed by atoms with Crippen molar-refractivity contribution in [2.24, 2.45) is 11.7 Å². The van der Waals surface area contributed by atoms with Crippen LogP contribution in [0.5, 0.6) is 0 Å². The summed E-state index contributed by atoms with van der Waals surface area (Å²) in [6.07, 6.45) is 0. The number of carbonyl (C=O) groups is 2. The Kier molecular flexibility index (Phi) is 3.21. The standard InChI is InChI=1S/C8H11N5O2/c9-6-3-4(7(14)12-10)1-2-5(6)8(15)13-11/h1-3H,9-11H2,(H,12,14)(H,13,15). The molecule has 0 heterocycles. The van der Waals surface area contributed by atoms with E-state index in [1.807, 2.05) is 10.9 Å². The molecule has 0 aliphatic carbocycles. The summed E-state index contributed by atoms with van der Waals surface area (Å²) in [5.41, 5.74) is 10.1. The molecule has 0 aliphatic rings. The Labute approximate surface area is 85.5 Å². The van der Waals surface area contributed by atoms with E-state index in [1.54, 1.807) is 0 Å². The van der Waals surface area contributed by atoms with Gasteiger partial charge >= 0.3 is 0 Å². The number of hydrogen-bond acceptors (Lipinski definition) is 5. The van der Waals surface area contributed by atoms with Crippen LogP contribution < -0.4 is 28.3 Å². The maximum Gasteiger partial charge on any atom is 0.267 e. The second-order valence-electron chi connectivity index (χ2n) is 2.75. The number of benzene rings is 1. The largest absolute Gasteiger partial charge is 0.398 e. The number of nitrogens with one attached hydrogen (secondary N) is 2. The molecule has 0 saturated heterocycles. The average molecular weight is 209 g/mol. The molecule has 0 aromatic heterocycles. The first-order chi connectivity index (χ1) is 7.10. The van der Waals surface area contributed by atoms with Crippen molar-refractivity contribution in [1.82, 2.24) is 10.9 Å². The van der Waals surface area contributed by atoms with Gasteiger partial charge in [0.15, 0.2) is 0 Å². The van der Waals surface area contributed by atoms with Crippen molar-refractivity contribution in [3.05, 3.63) is 29.3 Å². The minimum atomic E-state index is -0.521. The average Bonchev–Trinajstić information content (AvgIpc) is 2.26. The van der Waals surface area contributed by atoms with E-state index in [1.165, 1.54) is 18.2 Å². The van der Waals surface area contributed by atoms with Crippen molar-refractivity contribution in [3.63, 3.8) is 0 Å². The highest BCUT2D eigenvalue weighted by molar-refractivity contribution is 6.01. The first-order valence-electron chi connectivity index (χ1n) is 4.01. The van der Waals surface area contributed by atoms with E-state index in [9.17, 15) is 9.59 Å². The Morgan fingerprint density at radius 1 is 1.07 bits per heavy atom. The van der Waals surface area contributed by atoms with Crippen molar-refractivity contribution in [3.8, 4) is 0 Å². The fourth-order valence-corrected chi connectivity index (χ4v) is 1.07. The van der Waals surface area contributed by atoms with Crippen molar-refractivity contribution >= 4 is 17.5 Å². The molecule has 0 fully saturated rings. The predicted molar refractivity (Wildman–Crippen MR) is 54.2 cm³/mol. The SMILES string of the molecule is NNC(=O)c1ccc(C(=O)NN)c(N)c1. The molecule has 1 rings (SSSR count). The zero-order valence-corrected chi connectivity index (χ0v) is 7.78. The summed E-state index contributed by atoms with van der Waals surface area (Å²) in [4.78, 5) is 22.2. The van der Waals surface area contributed by atoms with Crippen LogP contribution in [0, 0.1) is 0 Å². The van der Waals surface area contributed by atoms with Crippen molar-refractivity contribution in [2.75, 3.05) is 5.73 Å². The van der Waals surface area contributed by atoms with Gasteiger partial charge in [0.25, 0.3) is 11.8 Å². The second kappa shape index (κ2) is 4.40. The van der Waals surface area contributed by atoms with Gasteiger partial charge in [-0.3, -0.25) is 20.4 Å². The molecule has 8 N–H and O–H groups in total. The number of carbonyl (C=O) groups excluding carboxylic acids is 2. The lowest BCUT2D eigenvalue weighted by Gasteiger charge is -2.05. The first-order valence-corrected chi connectivity index (χ1v) is 4.01. The van der Waals surface area contributed by atoms with Crippen LogP contribution in [0.25, 0.3) is 0 Å². The molecule has 0 spiro atoms.